The number of amides is 3. The van der Waals surface area contributed by atoms with E-state index in [2.05, 4.69) is 10.6 Å². The van der Waals surface area contributed by atoms with Crippen molar-refractivity contribution < 1.29 is 18.4 Å². The van der Waals surface area contributed by atoms with Gasteiger partial charge >= 0.3 is 6.03 Å². The molecule has 4 rings (SSSR count). The van der Waals surface area contributed by atoms with Crippen molar-refractivity contribution >= 4 is 11.9 Å². The fourth-order valence-electron chi connectivity index (χ4n) is 4.53. The Hall–Kier alpha value is -1.44. The molecule has 3 saturated carbocycles. The van der Waals surface area contributed by atoms with Gasteiger partial charge in [0, 0.05) is 25.9 Å². The number of carbonyl (C=O) groups excluding carboxylic acids is 2. The van der Waals surface area contributed by atoms with Gasteiger partial charge in [-0.05, 0) is 62.7 Å². The summed E-state index contributed by atoms with van der Waals surface area (Å²) in [7, 11) is 0. The highest BCUT2D eigenvalue weighted by Crippen LogP contribution is 2.48. The molecule has 4 N–H and O–H groups in total. The molecule has 1 saturated heterocycles. The summed E-state index contributed by atoms with van der Waals surface area (Å²) < 4.78 is 28.9. The minimum Gasteiger partial charge on any atom is -0.336 e. The van der Waals surface area contributed by atoms with Crippen molar-refractivity contribution in [3.05, 3.63) is 0 Å². The lowest BCUT2D eigenvalue weighted by Crippen LogP contribution is -2.58. The number of urea groups is 1. The average Bonchev–Trinajstić information content (AvgIpc) is 3.52. The summed E-state index contributed by atoms with van der Waals surface area (Å²) in [5.41, 5.74) is 5.52. The molecule has 8 heteroatoms. The lowest BCUT2D eigenvalue weighted by molar-refractivity contribution is -0.127. The lowest BCUT2D eigenvalue weighted by atomic mass is 9.63. The van der Waals surface area contributed by atoms with Crippen molar-refractivity contribution in [2.75, 3.05) is 13.1 Å². The first-order valence-corrected chi connectivity index (χ1v) is 10.7. The molecule has 1 aliphatic heterocycles. The smallest absolute Gasteiger partial charge is 0.318 e. The van der Waals surface area contributed by atoms with Crippen LogP contribution in [0.25, 0.3) is 0 Å². The maximum absolute atomic E-state index is 14.4. The van der Waals surface area contributed by atoms with Gasteiger partial charge in [-0.2, -0.15) is 0 Å². The van der Waals surface area contributed by atoms with E-state index in [-0.39, 0.29) is 12.3 Å². The van der Waals surface area contributed by atoms with Gasteiger partial charge in [-0.3, -0.25) is 4.79 Å². The molecule has 1 atom stereocenters. The van der Waals surface area contributed by atoms with Crippen LogP contribution in [0, 0.1) is 11.3 Å². The molecule has 0 aromatic heterocycles. The van der Waals surface area contributed by atoms with Crippen molar-refractivity contribution in [2.45, 2.75) is 88.3 Å². The number of nitrogens with one attached hydrogen (secondary N) is 2. The largest absolute Gasteiger partial charge is 0.336 e. The van der Waals surface area contributed by atoms with E-state index in [0.717, 1.165) is 25.7 Å². The third-order valence-corrected chi connectivity index (χ3v) is 7.09. The van der Waals surface area contributed by atoms with E-state index in [4.69, 9.17) is 5.73 Å². The topological polar surface area (TPSA) is 87.5 Å². The second-order valence-corrected chi connectivity index (χ2v) is 9.70. The van der Waals surface area contributed by atoms with Crippen LogP contribution in [0.15, 0.2) is 0 Å². The number of likely N-dealkylation sites (tertiary alicyclic amines) is 1. The molecule has 28 heavy (non-hydrogen) atoms. The number of alkyl halides is 2. The minimum atomic E-state index is -2.97. The van der Waals surface area contributed by atoms with Crippen molar-refractivity contribution in [2.24, 2.45) is 17.1 Å². The number of hydrogen-bond donors (Lipinski definition) is 3. The minimum absolute atomic E-state index is 0.0412. The molecule has 0 aromatic rings. The van der Waals surface area contributed by atoms with Crippen molar-refractivity contribution in [3.8, 4) is 0 Å². The molecule has 0 bridgehead atoms. The number of nitrogens with two attached hydrogens (primary N) is 1. The van der Waals surface area contributed by atoms with Gasteiger partial charge in [-0.15, -0.1) is 0 Å². The predicted octanol–water partition coefficient (Wildman–Crippen LogP) is 2.72. The van der Waals surface area contributed by atoms with E-state index in [1.54, 1.807) is 4.90 Å². The summed E-state index contributed by atoms with van der Waals surface area (Å²) in [5.74, 6) is -3.53. The standard InChI is InChI=1S/C20H32F2N4O2/c21-19(22,12-14-2-3-14)13-15(16(27)25-20(23)6-7-20)24-17(28)26-10-8-18(9-11-26)4-1-5-18/h14-15H,1-13,23H2,(H,24,28)(H,25,27)/t15-/m0/s1. The highest BCUT2D eigenvalue weighted by Gasteiger charge is 2.46. The first-order chi connectivity index (χ1) is 13.2. The second kappa shape index (κ2) is 7.11. The first-order valence-electron chi connectivity index (χ1n) is 10.7. The van der Waals surface area contributed by atoms with E-state index in [1.807, 2.05) is 0 Å². The molecule has 4 aliphatic rings. The number of halogens is 2. The van der Waals surface area contributed by atoms with Gasteiger partial charge in [-0.25, -0.2) is 13.6 Å². The van der Waals surface area contributed by atoms with E-state index in [9.17, 15) is 18.4 Å². The van der Waals surface area contributed by atoms with Crippen LogP contribution >= 0.6 is 0 Å². The van der Waals surface area contributed by atoms with Gasteiger partial charge in [-0.1, -0.05) is 6.42 Å². The number of nitrogens with zero attached hydrogens (tertiary/aromatic N) is 1. The molecule has 1 heterocycles. The molecule has 4 fully saturated rings. The van der Waals surface area contributed by atoms with Gasteiger partial charge in [0.05, 0.1) is 5.66 Å². The summed E-state index contributed by atoms with van der Waals surface area (Å²) in [6.07, 6.45) is 7.63. The predicted molar refractivity (Wildman–Crippen MR) is 101 cm³/mol. The summed E-state index contributed by atoms with van der Waals surface area (Å²) >= 11 is 0. The monoisotopic (exact) mass is 398 g/mol. The average molecular weight is 398 g/mol. The number of carbonyl (C=O) groups is 2. The van der Waals surface area contributed by atoms with Crippen molar-refractivity contribution in [3.63, 3.8) is 0 Å². The van der Waals surface area contributed by atoms with E-state index in [0.29, 0.717) is 31.3 Å². The van der Waals surface area contributed by atoms with E-state index >= 15 is 0 Å². The summed E-state index contributed by atoms with van der Waals surface area (Å²) in [5, 5.41) is 5.22. The summed E-state index contributed by atoms with van der Waals surface area (Å²) in [4.78, 5) is 27.0. The molecule has 0 radical (unpaired) electrons. The van der Waals surface area contributed by atoms with Crippen LogP contribution in [0.5, 0.6) is 0 Å². The number of hydrogen-bond acceptors (Lipinski definition) is 3. The Morgan fingerprint density at radius 1 is 1.11 bits per heavy atom. The van der Waals surface area contributed by atoms with Crippen LogP contribution in [0.1, 0.15) is 70.6 Å². The highest BCUT2D eigenvalue weighted by atomic mass is 19.3. The molecule has 158 valence electrons. The lowest BCUT2D eigenvalue weighted by Gasteiger charge is -2.48. The SMILES string of the molecule is NC1(NC(=O)[C@H](CC(F)(F)CC2CC2)NC(=O)N2CCC3(CCC3)CC2)CC1. The fourth-order valence-corrected chi connectivity index (χ4v) is 4.53. The van der Waals surface area contributed by atoms with E-state index in [1.165, 1.54) is 19.3 Å². The van der Waals surface area contributed by atoms with Crippen LogP contribution in [-0.2, 0) is 4.79 Å². The molecule has 6 nitrogen and oxygen atoms in total. The van der Waals surface area contributed by atoms with Crippen molar-refractivity contribution in [1.29, 1.82) is 0 Å². The Balaban J connectivity index is 1.36. The van der Waals surface area contributed by atoms with Crippen LogP contribution < -0.4 is 16.4 Å². The fraction of sp³-hybridized carbons (Fsp3) is 0.900. The van der Waals surface area contributed by atoms with Crippen LogP contribution in [-0.4, -0.2) is 47.6 Å². The highest BCUT2D eigenvalue weighted by molar-refractivity contribution is 5.87. The Labute approximate surface area is 165 Å². The third kappa shape index (κ3) is 4.75. The molecular formula is C20H32F2N4O2. The molecule has 3 aliphatic carbocycles. The van der Waals surface area contributed by atoms with Gasteiger partial charge in [0.2, 0.25) is 5.91 Å². The first kappa shape index (κ1) is 19.9. The third-order valence-electron chi connectivity index (χ3n) is 7.09. The molecule has 1 spiro atoms. The Morgan fingerprint density at radius 2 is 1.75 bits per heavy atom. The van der Waals surface area contributed by atoms with Crippen LogP contribution in [0.2, 0.25) is 0 Å². The zero-order chi connectivity index (χ0) is 20.0. The van der Waals surface area contributed by atoms with Gasteiger partial charge < -0.3 is 21.3 Å². The van der Waals surface area contributed by atoms with E-state index < -0.39 is 36.0 Å². The summed E-state index contributed by atoms with van der Waals surface area (Å²) in [6.45, 7) is 1.25. The van der Waals surface area contributed by atoms with Gasteiger partial charge in [0.1, 0.15) is 6.04 Å². The maximum Gasteiger partial charge on any atom is 0.318 e. The zero-order valence-electron chi connectivity index (χ0n) is 16.4. The molecular weight excluding hydrogens is 366 g/mol. The Bertz CT molecular complexity index is 620. The number of rotatable bonds is 7. The Kier molecular flexibility index (Phi) is 5.04. The number of piperidine rings is 1. The molecule has 3 amide bonds. The van der Waals surface area contributed by atoms with Crippen LogP contribution in [0.4, 0.5) is 13.6 Å². The van der Waals surface area contributed by atoms with Crippen molar-refractivity contribution in [1.82, 2.24) is 15.5 Å². The second-order valence-electron chi connectivity index (χ2n) is 9.70. The molecule has 0 unspecified atom stereocenters. The molecule has 0 aromatic carbocycles. The summed E-state index contributed by atoms with van der Waals surface area (Å²) in [6, 6.07) is -1.68. The van der Waals surface area contributed by atoms with Crippen LogP contribution in [0.3, 0.4) is 0 Å². The van der Waals surface area contributed by atoms with Gasteiger partial charge in [0.25, 0.3) is 5.92 Å². The normalized spacial score (nSPS) is 26.3. The zero-order valence-corrected chi connectivity index (χ0v) is 16.4. The van der Waals surface area contributed by atoms with Gasteiger partial charge in [0.15, 0.2) is 0 Å². The Morgan fingerprint density at radius 3 is 2.25 bits per heavy atom. The maximum atomic E-state index is 14.4. The quantitative estimate of drug-likeness (QED) is 0.576.